The summed E-state index contributed by atoms with van der Waals surface area (Å²) in [6.45, 7) is 2.16. The van der Waals surface area contributed by atoms with Crippen LogP contribution in [0.5, 0.6) is 0 Å². The number of nitrogens with one attached hydrogen (secondary N) is 1. The Hall–Kier alpha value is -1.82. The summed E-state index contributed by atoms with van der Waals surface area (Å²) in [6.07, 6.45) is 6.78. The number of ketones is 1. The Morgan fingerprint density at radius 2 is 1.83 bits per heavy atom. The first kappa shape index (κ1) is 23.5. The summed E-state index contributed by atoms with van der Waals surface area (Å²) in [4.78, 5) is 36.8. The van der Waals surface area contributed by atoms with E-state index in [9.17, 15) is 14.4 Å². The van der Waals surface area contributed by atoms with Crippen molar-refractivity contribution in [1.29, 1.82) is 0 Å². The lowest BCUT2D eigenvalue weighted by Gasteiger charge is -2.30. The summed E-state index contributed by atoms with van der Waals surface area (Å²) >= 11 is 1.44. The molecule has 1 fully saturated rings. The van der Waals surface area contributed by atoms with Crippen LogP contribution in [-0.2, 0) is 25.5 Å². The number of ether oxygens (including phenoxy) is 1. The van der Waals surface area contributed by atoms with E-state index >= 15 is 0 Å². The molecule has 0 radical (unpaired) electrons. The van der Waals surface area contributed by atoms with E-state index < -0.39 is 6.04 Å². The van der Waals surface area contributed by atoms with Gasteiger partial charge in [0, 0.05) is 12.2 Å². The van der Waals surface area contributed by atoms with Gasteiger partial charge in [-0.25, -0.2) is 0 Å². The molecule has 1 saturated carbocycles. The molecule has 0 aromatic heterocycles. The van der Waals surface area contributed by atoms with E-state index in [-0.39, 0.29) is 23.6 Å². The van der Waals surface area contributed by atoms with Crippen LogP contribution in [0.25, 0.3) is 0 Å². The molecule has 1 aliphatic rings. The summed E-state index contributed by atoms with van der Waals surface area (Å²) in [6, 6.07) is 9.51. The highest BCUT2D eigenvalue weighted by atomic mass is 32.2. The number of benzene rings is 1. The quantitative estimate of drug-likeness (QED) is 0.410. The third kappa shape index (κ3) is 9.03. The highest BCUT2D eigenvalue weighted by Gasteiger charge is 2.30. The Morgan fingerprint density at radius 3 is 2.52 bits per heavy atom. The van der Waals surface area contributed by atoms with Gasteiger partial charge in [-0.2, -0.15) is 11.8 Å². The first-order valence-electron chi connectivity index (χ1n) is 10.7. The molecule has 0 saturated heterocycles. The third-order valence-corrected chi connectivity index (χ3v) is 6.25. The molecule has 1 aliphatic carbocycles. The zero-order valence-electron chi connectivity index (χ0n) is 17.4. The SMILES string of the molecule is CCOC(=O)CCSCC(=O)[C@@H](NC(=O)CCc1ccccc1)C1CCCCC1. The van der Waals surface area contributed by atoms with Gasteiger partial charge < -0.3 is 10.1 Å². The minimum atomic E-state index is -0.409. The van der Waals surface area contributed by atoms with Gasteiger partial charge in [0.05, 0.1) is 24.8 Å². The monoisotopic (exact) mass is 419 g/mol. The Balaban J connectivity index is 1.84. The second-order valence-corrected chi connectivity index (χ2v) is 8.61. The highest BCUT2D eigenvalue weighted by Crippen LogP contribution is 2.27. The number of esters is 1. The number of rotatable bonds is 12. The van der Waals surface area contributed by atoms with Crippen LogP contribution in [-0.4, -0.2) is 41.8 Å². The molecule has 0 heterocycles. The van der Waals surface area contributed by atoms with Gasteiger partial charge in [0.15, 0.2) is 5.78 Å². The van der Waals surface area contributed by atoms with Gasteiger partial charge in [0.1, 0.15) is 0 Å². The van der Waals surface area contributed by atoms with E-state index in [1.54, 1.807) is 6.92 Å². The van der Waals surface area contributed by atoms with E-state index in [2.05, 4.69) is 5.32 Å². The van der Waals surface area contributed by atoms with Gasteiger partial charge in [-0.3, -0.25) is 14.4 Å². The molecule has 1 amide bonds. The number of hydrogen-bond donors (Lipinski definition) is 1. The molecule has 29 heavy (non-hydrogen) atoms. The molecule has 1 atom stereocenters. The maximum absolute atomic E-state index is 12.9. The molecule has 2 rings (SSSR count). The smallest absolute Gasteiger partial charge is 0.306 e. The van der Waals surface area contributed by atoms with Crippen molar-refractivity contribution in [3.05, 3.63) is 35.9 Å². The van der Waals surface area contributed by atoms with E-state index in [1.165, 1.54) is 18.2 Å². The number of amides is 1. The average molecular weight is 420 g/mol. The van der Waals surface area contributed by atoms with Gasteiger partial charge >= 0.3 is 5.97 Å². The average Bonchev–Trinajstić information content (AvgIpc) is 2.75. The standard InChI is InChI=1S/C23H33NO4S/c1-2-28-22(27)15-16-29-17-20(25)23(19-11-7-4-8-12-19)24-21(26)14-13-18-9-5-3-6-10-18/h3,5-6,9-10,19,23H,2,4,7-8,11-17H2,1H3,(H,24,26)/t23-/m0/s1. The van der Waals surface area contributed by atoms with Crippen LogP contribution < -0.4 is 5.32 Å². The maximum atomic E-state index is 12.9. The topological polar surface area (TPSA) is 72.5 Å². The van der Waals surface area contributed by atoms with Crippen molar-refractivity contribution in [1.82, 2.24) is 5.32 Å². The van der Waals surface area contributed by atoms with Crippen LogP contribution in [0.1, 0.15) is 57.4 Å². The van der Waals surface area contributed by atoms with Crippen molar-refractivity contribution in [2.75, 3.05) is 18.1 Å². The molecule has 0 unspecified atom stereocenters. The maximum Gasteiger partial charge on any atom is 0.306 e. The third-order valence-electron chi connectivity index (χ3n) is 5.27. The van der Waals surface area contributed by atoms with Crippen molar-refractivity contribution in [3.63, 3.8) is 0 Å². The lowest BCUT2D eigenvalue weighted by Crippen LogP contribution is -2.47. The van der Waals surface area contributed by atoms with Crippen molar-refractivity contribution < 1.29 is 19.1 Å². The fourth-order valence-corrected chi connectivity index (χ4v) is 4.56. The lowest BCUT2D eigenvalue weighted by atomic mass is 9.82. The summed E-state index contributed by atoms with van der Waals surface area (Å²) in [5.74, 6) is 0.880. The number of thioether (sulfide) groups is 1. The molecule has 5 nitrogen and oxygen atoms in total. The first-order chi connectivity index (χ1) is 14.1. The molecule has 1 aromatic rings. The summed E-state index contributed by atoms with van der Waals surface area (Å²) < 4.78 is 4.91. The second-order valence-electron chi connectivity index (χ2n) is 7.50. The van der Waals surface area contributed by atoms with Gasteiger partial charge in [0.2, 0.25) is 5.91 Å². The zero-order valence-corrected chi connectivity index (χ0v) is 18.2. The minimum absolute atomic E-state index is 0.0608. The van der Waals surface area contributed by atoms with E-state index in [1.807, 2.05) is 30.3 Å². The number of aryl methyl sites for hydroxylation is 1. The molecule has 0 bridgehead atoms. The lowest BCUT2D eigenvalue weighted by molar-refractivity contribution is -0.142. The van der Waals surface area contributed by atoms with Crippen molar-refractivity contribution in [3.8, 4) is 0 Å². The second kappa shape index (κ2) is 13.4. The Labute approximate surface area is 178 Å². The van der Waals surface area contributed by atoms with Crippen LogP contribution in [0.3, 0.4) is 0 Å². The molecule has 1 aromatic carbocycles. The van der Waals surface area contributed by atoms with E-state index in [0.29, 0.717) is 37.4 Å². The Morgan fingerprint density at radius 1 is 1.10 bits per heavy atom. The normalized spacial score (nSPS) is 15.5. The summed E-state index contributed by atoms with van der Waals surface area (Å²) in [5, 5.41) is 3.03. The van der Waals surface area contributed by atoms with E-state index in [4.69, 9.17) is 4.74 Å². The van der Waals surface area contributed by atoms with E-state index in [0.717, 1.165) is 31.2 Å². The molecule has 0 spiro atoms. The largest absolute Gasteiger partial charge is 0.466 e. The fourth-order valence-electron chi connectivity index (χ4n) is 3.73. The first-order valence-corrected chi connectivity index (χ1v) is 11.8. The van der Waals surface area contributed by atoms with Gasteiger partial charge in [0.25, 0.3) is 0 Å². The predicted molar refractivity (Wildman–Crippen MR) is 117 cm³/mol. The number of carbonyl (C=O) groups excluding carboxylic acids is 3. The number of carbonyl (C=O) groups is 3. The van der Waals surface area contributed by atoms with Crippen molar-refractivity contribution in [2.45, 2.75) is 64.3 Å². The zero-order chi connectivity index (χ0) is 20.9. The molecular formula is C23H33NO4S. The molecule has 0 aliphatic heterocycles. The van der Waals surface area contributed by atoms with Gasteiger partial charge in [-0.15, -0.1) is 0 Å². The highest BCUT2D eigenvalue weighted by molar-refractivity contribution is 7.99. The van der Waals surface area contributed by atoms with Gasteiger partial charge in [-0.05, 0) is 37.7 Å². The van der Waals surface area contributed by atoms with Crippen LogP contribution in [0.4, 0.5) is 0 Å². The Kier molecular flexibility index (Phi) is 10.8. The molecule has 1 N–H and O–H groups in total. The predicted octanol–water partition coefficient (Wildman–Crippen LogP) is 3.94. The van der Waals surface area contributed by atoms with Crippen molar-refractivity contribution >= 4 is 29.4 Å². The number of Topliss-reactive ketones (excluding diaryl/α,β-unsaturated/α-hetero) is 1. The van der Waals surface area contributed by atoms with Crippen LogP contribution in [0.15, 0.2) is 30.3 Å². The summed E-state index contributed by atoms with van der Waals surface area (Å²) in [7, 11) is 0. The molecule has 160 valence electrons. The van der Waals surface area contributed by atoms with Crippen LogP contribution in [0, 0.1) is 5.92 Å². The Bertz CT molecular complexity index is 644. The molecule has 6 heteroatoms. The van der Waals surface area contributed by atoms with Crippen molar-refractivity contribution in [2.24, 2.45) is 5.92 Å². The minimum Gasteiger partial charge on any atom is -0.466 e. The fraction of sp³-hybridized carbons (Fsp3) is 0.609. The van der Waals surface area contributed by atoms with Crippen LogP contribution in [0.2, 0.25) is 0 Å². The van der Waals surface area contributed by atoms with Crippen LogP contribution >= 0.6 is 11.8 Å². The molecular weight excluding hydrogens is 386 g/mol. The number of hydrogen-bond acceptors (Lipinski definition) is 5. The summed E-state index contributed by atoms with van der Waals surface area (Å²) in [5.41, 5.74) is 1.12. The van der Waals surface area contributed by atoms with Gasteiger partial charge in [-0.1, -0.05) is 49.6 Å².